The van der Waals surface area contributed by atoms with Crippen LogP contribution in [0.2, 0.25) is 0 Å². The fraction of sp³-hybridized carbons (Fsp3) is 0.533. The standard InChI is InChI=1S/C15H18F3N7/c16-15(17,18)14-22-21-13-9-23(6-7-24(13)14)12-4-3-10(8-20-12)11-2-1-5-25(11)19/h3-4,8,11H,1-2,5-7,9,19H2. The Morgan fingerprint density at radius 1 is 1.12 bits per heavy atom. The molecule has 25 heavy (non-hydrogen) atoms. The Labute approximate surface area is 142 Å². The Hall–Kier alpha value is -2.20. The highest BCUT2D eigenvalue weighted by Crippen LogP contribution is 2.31. The topological polar surface area (TPSA) is 76.1 Å². The third-order valence-corrected chi connectivity index (χ3v) is 4.78. The summed E-state index contributed by atoms with van der Waals surface area (Å²) in [6.45, 7) is 1.73. The monoisotopic (exact) mass is 353 g/mol. The maximum absolute atomic E-state index is 12.9. The molecule has 0 bridgehead atoms. The molecule has 10 heteroatoms. The number of anilines is 1. The van der Waals surface area contributed by atoms with Crippen molar-refractivity contribution in [1.82, 2.24) is 24.8 Å². The van der Waals surface area contributed by atoms with E-state index in [1.807, 2.05) is 22.0 Å². The summed E-state index contributed by atoms with van der Waals surface area (Å²) >= 11 is 0. The van der Waals surface area contributed by atoms with Crippen LogP contribution in [0.4, 0.5) is 19.0 Å². The summed E-state index contributed by atoms with van der Waals surface area (Å²) in [6.07, 6.45) is -0.620. The van der Waals surface area contributed by atoms with E-state index in [0.717, 1.165) is 29.5 Å². The maximum atomic E-state index is 12.9. The van der Waals surface area contributed by atoms with Gasteiger partial charge in [-0.1, -0.05) is 6.07 Å². The van der Waals surface area contributed by atoms with Gasteiger partial charge in [0.2, 0.25) is 5.82 Å². The van der Waals surface area contributed by atoms with E-state index in [-0.39, 0.29) is 19.1 Å². The van der Waals surface area contributed by atoms with Crippen LogP contribution >= 0.6 is 0 Å². The van der Waals surface area contributed by atoms with Crippen molar-refractivity contribution in [3.05, 3.63) is 35.5 Å². The van der Waals surface area contributed by atoms with E-state index in [1.54, 1.807) is 6.20 Å². The van der Waals surface area contributed by atoms with Crippen molar-refractivity contribution in [2.24, 2.45) is 5.84 Å². The molecule has 4 heterocycles. The normalized spacial score (nSPS) is 21.6. The van der Waals surface area contributed by atoms with Crippen molar-refractivity contribution >= 4 is 5.82 Å². The Kier molecular flexibility index (Phi) is 3.88. The lowest BCUT2D eigenvalue weighted by molar-refractivity contribution is -0.147. The van der Waals surface area contributed by atoms with Crippen molar-refractivity contribution < 1.29 is 13.2 Å². The lowest BCUT2D eigenvalue weighted by atomic mass is 10.1. The van der Waals surface area contributed by atoms with E-state index in [0.29, 0.717) is 18.2 Å². The van der Waals surface area contributed by atoms with Crippen LogP contribution in [0.1, 0.15) is 36.1 Å². The number of aromatic nitrogens is 4. The van der Waals surface area contributed by atoms with E-state index in [1.165, 1.54) is 0 Å². The number of halogens is 3. The summed E-state index contributed by atoms with van der Waals surface area (Å²) in [6, 6.07) is 4.05. The third-order valence-electron chi connectivity index (χ3n) is 4.78. The first-order valence-electron chi connectivity index (χ1n) is 8.15. The third kappa shape index (κ3) is 2.95. The minimum atomic E-state index is -4.48. The zero-order valence-corrected chi connectivity index (χ0v) is 13.4. The predicted octanol–water partition coefficient (Wildman–Crippen LogP) is 1.72. The second kappa shape index (κ2) is 5.95. The van der Waals surface area contributed by atoms with Gasteiger partial charge in [0, 0.05) is 25.8 Å². The van der Waals surface area contributed by atoms with Crippen molar-refractivity contribution in [3.8, 4) is 0 Å². The zero-order valence-electron chi connectivity index (χ0n) is 13.4. The molecule has 2 N–H and O–H groups in total. The van der Waals surface area contributed by atoms with Crippen LogP contribution in [0.15, 0.2) is 18.3 Å². The average Bonchev–Trinajstić information content (AvgIpc) is 3.20. The number of nitrogens with two attached hydrogens (primary N) is 1. The van der Waals surface area contributed by atoms with Crippen LogP contribution in [-0.2, 0) is 19.3 Å². The van der Waals surface area contributed by atoms with Crippen LogP contribution in [0.5, 0.6) is 0 Å². The fourth-order valence-electron chi connectivity index (χ4n) is 3.49. The Bertz CT molecular complexity index is 755. The van der Waals surface area contributed by atoms with Gasteiger partial charge in [-0.15, -0.1) is 10.2 Å². The van der Waals surface area contributed by atoms with Gasteiger partial charge in [-0.25, -0.2) is 9.99 Å². The summed E-state index contributed by atoms with van der Waals surface area (Å²) < 4.78 is 39.8. The number of nitrogens with zero attached hydrogens (tertiary/aromatic N) is 6. The molecule has 0 spiro atoms. The van der Waals surface area contributed by atoms with E-state index in [2.05, 4.69) is 15.2 Å². The summed E-state index contributed by atoms with van der Waals surface area (Å²) in [5, 5.41) is 8.80. The summed E-state index contributed by atoms with van der Waals surface area (Å²) in [4.78, 5) is 6.38. The fourth-order valence-corrected chi connectivity index (χ4v) is 3.49. The van der Waals surface area contributed by atoms with E-state index >= 15 is 0 Å². The highest BCUT2D eigenvalue weighted by molar-refractivity contribution is 5.41. The first-order valence-corrected chi connectivity index (χ1v) is 8.15. The van der Waals surface area contributed by atoms with Gasteiger partial charge in [0.05, 0.1) is 12.6 Å². The number of hydrazine groups is 1. The lowest BCUT2D eigenvalue weighted by Gasteiger charge is -2.29. The minimum absolute atomic E-state index is 0.180. The van der Waals surface area contributed by atoms with Crippen LogP contribution in [0.3, 0.4) is 0 Å². The predicted molar refractivity (Wildman–Crippen MR) is 83.2 cm³/mol. The summed E-state index contributed by atoms with van der Waals surface area (Å²) in [5.74, 6) is 6.05. The molecule has 0 saturated carbocycles. The minimum Gasteiger partial charge on any atom is -0.347 e. The Balaban J connectivity index is 1.51. The van der Waals surface area contributed by atoms with Gasteiger partial charge in [-0.2, -0.15) is 13.2 Å². The van der Waals surface area contributed by atoms with Crippen LogP contribution in [-0.4, -0.2) is 37.8 Å². The number of rotatable bonds is 2. The molecule has 2 aromatic rings. The van der Waals surface area contributed by atoms with E-state index in [9.17, 15) is 13.2 Å². The number of fused-ring (bicyclic) bond motifs is 1. The summed E-state index contributed by atoms with van der Waals surface area (Å²) in [7, 11) is 0. The highest BCUT2D eigenvalue weighted by Gasteiger charge is 2.39. The molecule has 0 radical (unpaired) electrons. The van der Waals surface area contributed by atoms with Crippen molar-refractivity contribution in [3.63, 3.8) is 0 Å². The van der Waals surface area contributed by atoms with Gasteiger partial charge in [-0.05, 0) is 24.5 Å². The van der Waals surface area contributed by atoms with Crippen LogP contribution in [0, 0.1) is 0 Å². The van der Waals surface area contributed by atoms with Gasteiger partial charge >= 0.3 is 6.18 Å². The Morgan fingerprint density at radius 2 is 1.96 bits per heavy atom. The number of alkyl halides is 3. The lowest BCUT2D eigenvalue weighted by Crippen LogP contribution is -2.36. The smallest absolute Gasteiger partial charge is 0.347 e. The average molecular weight is 353 g/mol. The first kappa shape index (κ1) is 16.3. The van der Waals surface area contributed by atoms with Crippen molar-refractivity contribution in [2.75, 3.05) is 18.0 Å². The van der Waals surface area contributed by atoms with Gasteiger partial charge < -0.3 is 9.47 Å². The quantitative estimate of drug-likeness (QED) is 0.829. The molecule has 1 fully saturated rings. The molecule has 134 valence electrons. The molecule has 2 aliphatic heterocycles. The maximum Gasteiger partial charge on any atom is 0.451 e. The molecule has 4 rings (SSSR count). The number of pyridine rings is 1. The molecule has 1 saturated heterocycles. The van der Waals surface area contributed by atoms with Gasteiger partial charge in [-0.3, -0.25) is 5.84 Å². The number of hydrogen-bond donors (Lipinski definition) is 1. The molecular weight excluding hydrogens is 335 g/mol. The van der Waals surface area contributed by atoms with Gasteiger partial charge in [0.1, 0.15) is 5.82 Å². The van der Waals surface area contributed by atoms with Crippen LogP contribution in [0.25, 0.3) is 0 Å². The molecule has 2 aliphatic rings. The first-order chi connectivity index (χ1) is 11.9. The second-order valence-electron chi connectivity index (χ2n) is 6.36. The van der Waals surface area contributed by atoms with E-state index < -0.39 is 12.0 Å². The molecule has 2 aromatic heterocycles. The molecular formula is C15H18F3N7. The molecule has 0 aliphatic carbocycles. The van der Waals surface area contributed by atoms with E-state index in [4.69, 9.17) is 5.84 Å². The highest BCUT2D eigenvalue weighted by atomic mass is 19.4. The van der Waals surface area contributed by atoms with Crippen molar-refractivity contribution in [1.29, 1.82) is 0 Å². The largest absolute Gasteiger partial charge is 0.451 e. The van der Waals surface area contributed by atoms with Gasteiger partial charge in [0.25, 0.3) is 0 Å². The zero-order chi connectivity index (χ0) is 17.6. The molecule has 1 unspecified atom stereocenters. The molecule has 0 aromatic carbocycles. The van der Waals surface area contributed by atoms with Crippen LogP contribution < -0.4 is 10.7 Å². The van der Waals surface area contributed by atoms with Gasteiger partial charge in [0.15, 0.2) is 5.82 Å². The van der Waals surface area contributed by atoms with Crippen molar-refractivity contribution in [2.45, 2.75) is 38.1 Å². The number of hydrogen-bond acceptors (Lipinski definition) is 6. The molecule has 7 nitrogen and oxygen atoms in total. The molecule has 0 amide bonds. The summed E-state index contributed by atoms with van der Waals surface area (Å²) in [5.41, 5.74) is 1.06. The second-order valence-corrected chi connectivity index (χ2v) is 6.36. The SMILES string of the molecule is NN1CCCC1c1ccc(N2CCn3c(nnc3C(F)(F)F)C2)nc1. The molecule has 1 atom stereocenters. The Morgan fingerprint density at radius 3 is 2.60 bits per heavy atom.